The molecule has 1 amide bonds. The summed E-state index contributed by atoms with van der Waals surface area (Å²) in [5.74, 6) is -11.0. The number of amides is 1. The fourth-order valence-electron chi connectivity index (χ4n) is 7.62. The lowest BCUT2D eigenvalue weighted by atomic mass is 10.0. The number of nitrogens with one attached hydrogen (secondary N) is 2. The Hall–Kier alpha value is -5.48. The normalized spacial score (nSPS) is 18.1. The molecule has 2 aliphatic carbocycles. The molecule has 0 spiro atoms. The van der Waals surface area contributed by atoms with Crippen LogP contribution in [0.3, 0.4) is 0 Å². The van der Waals surface area contributed by atoms with Crippen LogP contribution in [0.5, 0.6) is 5.88 Å². The first-order valence-corrected chi connectivity index (χ1v) is 20.5. The Morgan fingerprint density at radius 1 is 1.05 bits per heavy atom. The van der Waals surface area contributed by atoms with Gasteiger partial charge in [-0.2, -0.15) is 24.0 Å². The van der Waals surface area contributed by atoms with E-state index in [0.29, 0.717) is 22.0 Å². The lowest BCUT2D eigenvalue weighted by Crippen LogP contribution is -2.38. The van der Waals surface area contributed by atoms with Gasteiger partial charge in [0.05, 0.1) is 39.6 Å². The average Bonchev–Trinajstić information content (AvgIpc) is 3.39. The first kappa shape index (κ1) is 43.2. The number of nitrogens with zero attached hydrogens (tertiary/aromatic N) is 7. The zero-order valence-electron chi connectivity index (χ0n) is 32.7. The number of carbonyl (C=O) groups excluding carboxylic acids is 1. The molecule has 1 fully saturated rings. The molecule has 3 unspecified atom stereocenters. The summed E-state index contributed by atoms with van der Waals surface area (Å²) in [6, 6.07) is 6.65. The highest BCUT2D eigenvalue weighted by molar-refractivity contribution is 7.99. The maximum atomic E-state index is 15.4. The van der Waals surface area contributed by atoms with E-state index >= 15 is 8.78 Å². The van der Waals surface area contributed by atoms with E-state index in [9.17, 15) is 35.9 Å². The van der Waals surface area contributed by atoms with Gasteiger partial charge in [-0.3, -0.25) is 23.5 Å². The minimum atomic E-state index is -3.62. The molecule has 8 rings (SSSR count). The minimum absolute atomic E-state index is 0.0476. The van der Waals surface area contributed by atoms with Crippen LogP contribution in [0.25, 0.3) is 27.6 Å². The average molecular weight is 912 g/mol. The second-order valence-corrected chi connectivity index (χ2v) is 15.9. The molecule has 4 heterocycles. The summed E-state index contributed by atoms with van der Waals surface area (Å²) in [5, 5.41) is 11.3. The number of halogens is 9. The van der Waals surface area contributed by atoms with Crippen molar-refractivity contribution >= 4 is 57.2 Å². The predicted molar refractivity (Wildman–Crippen MR) is 211 cm³/mol. The molecule has 6 aromatic rings. The van der Waals surface area contributed by atoms with Crippen LogP contribution in [-0.2, 0) is 41.9 Å². The molecule has 23 heteroatoms. The Balaban J connectivity index is 1.27. The number of hydrogen-bond acceptors (Lipinski definition) is 10. The van der Waals surface area contributed by atoms with Crippen molar-refractivity contribution in [1.82, 2.24) is 39.4 Å². The summed E-state index contributed by atoms with van der Waals surface area (Å²) in [4.78, 5) is 38.0. The quantitative estimate of drug-likeness (QED) is 0.0601. The Labute approximate surface area is 354 Å². The van der Waals surface area contributed by atoms with Crippen molar-refractivity contribution in [2.24, 2.45) is 13.0 Å². The number of fused-ring (bicyclic) bond motifs is 3. The van der Waals surface area contributed by atoms with Gasteiger partial charge in [-0.05, 0) is 42.3 Å². The highest BCUT2D eigenvalue weighted by Crippen LogP contribution is 2.48. The van der Waals surface area contributed by atoms with Gasteiger partial charge in [0.25, 0.3) is 23.8 Å². The third-order valence-electron chi connectivity index (χ3n) is 10.5. The fraction of sp³-hybridized carbons (Fsp3) is 0.385. The van der Waals surface area contributed by atoms with Gasteiger partial charge >= 0.3 is 0 Å². The van der Waals surface area contributed by atoms with Crippen molar-refractivity contribution in [3.05, 3.63) is 97.8 Å². The minimum Gasteiger partial charge on any atom is -0.475 e. The van der Waals surface area contributed by atoms with E-state index in [0.717, 1.165) is 16.7 Å². The number of aryl methyl sites for hydroxylation is 1. The van der Waals surface area contributed by atoms with E-state index < -0.39 is 96.6 Å². The lowest BCUT2D eigenvalue weighted by molar-refractivity contribution is -0.123. The maximum absolute atomic E-state index is 15.4. The molecule has 328 valence electrons. The van der Waals surface area contributed by atoms with Crippen LogP contribution in [0.2, 0.25) is 5.02 Å². The molecule has 2 aromatic carbocycles. The third kappa shape index (κ3) is 8.02. The van der Waals surface area contributed by atoms with Gasteiger partial charge in [0.1, 0.15) is 48.1 Å². The van der Waals surface area contributed by atoms with Crippen molar-refractivity contribution in [3.8, 4) is 11.6 Å². The monoisotopic (exact) mass is 911 g/mol. The SMILES string of the molecule is CSNc1nn(C)c2c(-n3c(C(Cc4cc(F)cc(F)c4)NC(=O)Cn4nc(C(F)F)c5c4C(F)(F)C(C)C5)nc4nc(OCCOC5CC5(F)F)ccc4c3=O)ccc(Cl)c12. The summed E-state index contributed by atoms with van der Waals surface area (Å²) < 4.78 is 132. The van der Waals surface area contributed by atoms with Crippen molar-refractivity contribution < 1.29 is 49.4 Å². The first-order valence-electron chi connectivity index (χ1n) is 18.9. The van der Waals surface area contributed by atoms with E-state index in [-0.39, 0.29) is 63.3 Å². The van der Waals surface area contributed by atoms with E-state index in [1.54, 1.807) is 13.3 Å². The molecule has 3 atom stereocenters. The van der Waals surface area contributed by atoms with Gasteiger partial charge in [0, 0.05) is 49.8 Å². The second kappa shape index (κ2) is 16.3. The second-order valence-electron chi connectivity index (χ2n) is 14.9. The van der Waals surface area contributed by atoms with Crippen LogP contribution < -0.4 is 20.3 Å². The number of benzene rings is 2. The first-order chi connectivity index (χ1) is 29.4. The number of pyridine rings is 1. The number of carbonyl (C=O) groups is 1. The number of alkyl halides is 6. The van der Waals surface area contributed by atoms with E-state index in [1.165, 1.54) is 47.8 Å². The predicted octanol–water partition coefficient (Wildman–Crippen LogP) is 7.61. The fourth-order valence-corrected chi connectivity index (χ4v) is 8.20. The summed E-state index contributed by atoms with van der Waals surface area (Å²) in [6.07, 6.45) is -4.03. The van der Waals surface area contributed by atoms with Crippen molar-refractivity contribution in [1.29, 1.82) is 0 Å². The molecule has 0 radical (unpaired) electrons. The van der Waals surface area contributed by atoms with E-state index in [2.05, 4.69) is 25.2 Å². The highest BCUT2D eigenvalue weighted by Gasteiger charge is 2.58. The number of ether oxygens (including phenoxy) is 2. The zero-order chi connectivity index (χ0) is 44.4. The Morgan fingerprint density at radius 3 is 2.45 bits per heavy atom. The van der Waals surface area contributed by atoms with Gasteiger partial charge < -0.3 is 19.5 Å². The lowest BCUT2D eigenvalue weighted by Gasteiger charge is -2.24. The molecule has 2 aliphatic rings. The van der Waals surface area contributed by atoms with Gasteiger partial charge in [0.2, 0.25) is 11.8 Å². The van der Waals surface area contributed by atoms with Gasteiger partial charge in [0.15, 0.2) is 11.5 Å². The number of anilines is 1. The van der Waals surface area contributed by atoms with Crippen molar-refractivity contribution in [3.63, 3.8) is 0 Å². The summed E-state index contributed by atoms with van der Waals surface area (Å²) >= 11 is 7.88. The van der Waals surface area contributed by atoms with Gasteiger partial charge in [-0.25, -0.2) is 31.3 Å². The van der Waals surface area contributed by atoms with Crippen LogP contribution in [0.15, 0.2) is 47.3 Å². The zero-order valence-corrected chi connectivity index (χ0v) is 34.2. The number of aromatic nitrogens is 7. The van der Waals surface area contributed by atoms with Crippen molar-refractivity contribution in [2.75, 3.05) is 24.2 Å². The Kier molecular flexibility index (Phi) is 11.4. The number of rotatable bonds is 15. The molecule has 2 N–H and O–H groups in total. The molecule has 62 heavy (non-hydrogen) atoms. The molecule has 4 aromatic heterocycles. The molecular weight excluding hydrogens is 878 g/mol. The van der Waals surface area contributed by atoms with Crippen LogP contribution >= 0.6 is 23.5 Å². The van der Waals surface area contributed by atoms with Crippen LogP contribution in [0.4, 0.5) is 40.9 Å². The topological polar surface area (TPSA) is 143 Å². The van der Waals surface area contributed by atoms with E-state index in [1.807, 2.05) is 0 Å². The van der Waals surface area contributed by atoms with E-state index in [4.69, 9.17) is 26.1 Å². The molecular formula is C39H34ClF8N9O4S. The Bertz CT molecular complexity index is 2780. The van der Waals surface area contributed by atoms with Gasteiger partial charge in [-0.1, -0.05) is 30.5 Å². The van der Waals surface area contributed by atoms with Gasteiger partial charge in [-0.15, -0.1) is 0 Å². The molecule has 13 nitrogen and oxygen atoms in total. The number of hydrogen-bond donors (Lipinski definition) is 2. The van der Waals surface area contributed by atoms with Crippen LogP contribution in [0.1, 0.15) is 54.2 Å². The van der Waals surface area contributed by atoms with Crippen LogP contribution in [0, 0.1) is 17.6 Å². The highest BCUT2D eigenvalue weighted by atomic mass is 35.5. The van der Waals surface area contributed by atoms with Crippen LogP contribution in [-0.4, -0.2) is 71.5 Å². The largest absolute Gasteiger partial charge is 0.475 e. The summed E-state index contributed by atoms with van der Waals surface area (Å²) in [5.41, 5.74) is -2.79. The third-order valence-corrected chi connectivity index (χ3v) is 11.3. The smallest absolute Gasteiger partial charge is 0.292 e. The molecule has 1 saturated carbocycles. The standard InChI is InChI=1S/C39H34ClF8N9O4S/c1-17-10-22-30(33(43)44)52-56(32(22)39(17,47)48)16-27(58)49-24(13-18-11-19(41)14-20(42)12-18)36-51-34-21(4-7-28(50-34)61-9-8-60-26-15-38(26,45)46)37(59)57(36)25-6-5-23(40)29-31(25)55(2)53-35(29)54-62-3/h4-7,11-12,14,17,24,26,33H,8-10,13,15-16H2,1-3H3,(H,49,58)(H,53,54). The summed E-state index contributed by atoms with van der Waals surface area (Å²) in [7, 11) is 1.58. The molecule has 0 saturated heterocycles. The maximum Gasteiger partial charge on any atom is 0.292 e. The van der Waals surface area contributed by atoms with Crippen molar-refractivity contribution in [2.45, 2.75) is 63.1 Å². The molecule has 0 aliphatic heterocycles. The Morgan fingerprint density at radius 2 is 1.77 bits per heavy atom. The summed E-state index contributed by atoms with van der Waals surface area (Å²) in [6.45, 7) is -0.254. The molecule has 0 bridgehead atoms.